The standard InChI is InChI=1S/C22H35N3O2S/c1-2-27-22(26)24-12-3-6-18(9-16-24)23-14-10-19(11-15-23)25-13-4-7-20(25)21-8-5-17-28-21/h5,8,17-20H,2-4,6-7,9-16H2,1H3. The molecule has 0 aromatic carbocycles. The van der Waals surface area contributed by atoms with Crippen molar-refractivity contribution >= 4 is 17.4 Å². The Hall–Kier alpha value is -1.11. The smallest absolute Gasteiger partial charge is 0.409 e. The summed E-state index contributed by atoms with van der Waals surface area (Å²) in [4.78, 5) is 21.0. The molecule has 1 aromatic rings. The molecule has 0 bridgehead atoms. The van der Waals surface area contributed by atoms with Gasteiger partial charge in [-0.15, -0.1) is 11.3 Å². The number of rotatable bonds is 4. The van der Waals surface area contributed by atoms with Gasteiger partial charge in [0.25, 0.3) is 0 Å². The second-order valence-corrected chi connectivity index (χ2v) is 9.43. The van der Waals surface area contributed by atoms with Gasteiger partial charge in [-0.3, -0.25) is 4.90 Å². The lowest BCUT2D eigenvalue weighted by atomic mass is 9.98. The molecule has 3 fully saturated rings. The van der Waals surface area contributed by atoms with Crippen LogP contribution in [-0.4, -0.2) is 72.2 Å². The highest BCUT2D eigenvalue weighted by Gasteiger charge is 2.35. The van der Waals surface area contributed by atoms with E-state index in [1.807, 2.05) is 23.2 Å². The van der Waals surface area contributed by atoms with Gasteiger partial charge in [0.1, 0.15) is 0 Å². The molecule has 3 aliphatic rings. The van der Waals surface area contributed by atoms with Crippen LogP contribution in [0, 0.1) is 0 Å². The average Bonchev–Trinajstić information content (AvgIpc) is 3.35. The van der Waals surface area contributed by atoms with Crippen LogP contribution in [0.3, 0.4) is 0 Å². The van der Waals surface area contributed by atoms with E-state index in [0.29, 0.717) is 18.7 Å². The van der Waals surface area contributed by atoms with Gasteiger partial charge in [-0.1, -0.05) is 6.07 Å². The number of carbonyl (C=O) groups excluding carboxylic acids is 1. The van der Waals surface area contributed by atoms with Crippen LogP contribution in [0.1, 0.15) is 62.8 Å². The van der Waals surface area contributed by atoms with Crippen molar-refractivity contribution in [3.63, 3.8) is 0 Å². The van der Waals surface area contributed by atoms with E-state index in [2.05, 4.69) is 27.3 Å². The highest BCUT2D eigenvalue weighted by atomic mass is 32.1. The van der Waals surface area contributed by atoms with Crippen molar-refractivity contribution in [3.8, 4) is 0 Å². The molecule has 0 aliphatic carbocycles. The van der Waals surface area contributed by atoms with Crippen molar-refractivity contribution in [2.24, 2.45) is 0 Å². The number of carbonyl (C=O) groups is 1. The van der Waals surface area contributed by atoms with Crippen LogP contribution in [0.2, 0.25) is 0 Å². The van der Waals surface area contributed by atoms with Gasteiger partial charge in [0.05, 0.1) is 6.61 Å². The van der Waals surface area contributed by atoms with Gasteiger partial charge in [-0.05, 0) is 83.0 Å². The molecule has 1 amide bonds. The van der Waals surface area contributed by atoms with Gasteiger partial charge in [0.15, 0.2) is 0 Å². The van der Waals surface area contributed by atoms with Crippen molar-refractivity contribution in [3.05, 3.63) is 22.4 Å². The number of piperidine rings is 1. The SMILES string of the molecule is CCOC(=O)N1CCCC(N2CCC(N3CCCC3c3cccs3)CC2)CC1. The van der Waals surface area contributed by atoms with Crippen LogP contribution in [-0.2, 0) is 4.74 Å². The predicted molar refractivity (Wildman–Crippen MR) is 114 cm³/mol. The molecular formula is C22H35N3O2S. The van der Waals surface area contributed by atoms with Crippen molar-refractivity contribution in [2.45, 2.75) is 70.0 Å². The van der Waals surface area contributed by atoms with Crippen molar-refractivity contribution in [1.29, 1.82) is 0 Å². The monoisotopic (exact) mass is 405 g/mol. The molecule has 0 saturated carbocycles. The topological polar surface area (TPSA) is 36.0 Å². The third-order valence-corrected chi connectivity index (χ3v) is 7.85. The minimum absolute atomic E-state index is 0.129. The summed E-state index contributed by atoms with van der Waals surface area (Å²) in [7, 11) is 0. The first-order chi connectivity index (χ1) is 13.8. The molecule has 2 atom stereocenters. The molecule has 0 N–H and O–H groups in total. The van der Waals surface area contributed by atoms with Crippen LogP contribution < -0.4 is 0 Å². The zero-order chi connectivity index (χ0) is 19.3. The summed E-state index contributed by atoms with van der Waals surface area (Å²) in [5.74, 6) is 0. The van der Waals surface area contributed by atoms with E-state index in [1.54, 1.807) is 4.88 Å². The second-order valence-electron chi connectivity index (χ2n) is 8.45. The van der Waals surface area contributed by atoms with Crippen molar-refractivity contribution in [2.75, 3.05) is 39.3 Å². The van der Waals surface area contributed by atoms with E-state index in [0.717, 1.165) is 32.0 Å². The first kappa shape index (κ1) is 20.2. The van der Waals surface area contributed by atoms with Gasteiger partial charge in [-0.25, -0.2) is 4.79 Å². The zero-order valence-electron chi connectivity index (χ0n) is 17.2. The van der Waals surface area contributed by atoms with E-state index in [1.165, 1.54) is 51.7 Å². The second kappa shape index (κ2) is 9.59. The number of thiophene rings is 1. The van der Waals surface area contributed by atoms with E-state index < -0.39 is 0 Å². The first-order valence-electron chi connectivity index (χ1n) is 11.2. The fourth-order valence-electron chi connectivity index (χ4n) is 5.44. The summed E-state index contributed by atoms with van der Waals surface area (Å²) < 4.78 is 5.20. The molecule has 1 aromatic heterocycles. The predicted octanol–water partition coefficient (Wildman–Crippen LogP) is 4.36. The maximum atomic E-state index is 12.0. The van der Waals surface area contributed by atoms with Crippen LogP contribution in [0.25, 0.3) is 0 Å². The normalized spacial score (nSPS) is 28.4. The molecule has 3 saturated heterocycles. The van der Waals surface area contributed by atoms with Gasteiger partial charge in [0.2, 0.25) is 0 Å². The maximum Gasteiger partial charge on any atom is 0.409 e. The fraction of sp³-hybridized carbons (Fsp3) is 0.773. The summed E-state index contributed by atoms with van der Waals surface area (Å²) in [6.45, 7) is 7.73. The summed E-state index contributed by atoms with van der Waals surface area (Å²) >= 11 is 1.92. The van der Waals surface area contributed by atoms with E-state index in [4.69, 9.17) is 4.74 Å². The Morgan fingerprint density at radius 3 is 2.57 bits per heavy atom. The molecule has 4 rings (SSSR count). The highest BCUT2D eigenvalue weighted by molar-refractivity contribution is 7.10. The Bertz CT molecular complexity index is 615. The highest BCUT2D eigenvalue weighted by Crippen LogP contribution is 2.38. The van der Waals surface area contributed by atoms with Gasteiger partial charge < -0.3 is 14.5 Å². The third-order valence-electron chi connectivity index (χ3n) is 6.87. The maximum absolute atomic E-state index is 12.0. The zero-order valence-corrected chi connectivity index (χ0v) is 18.0. The number of hydrogen-bond donors (Lipinski definition) is 0. The molecule has 0 spiro atoms. The molecule has 5 nitrogen and oxygen atoms in total. The summed E-state index contributed by atoms with van der Waals surface area (Å²) in [6, 6.07) is 6.56. The molecule has 0 radical (unpaired) electrons. The molecule has 28 heavy (non-hydrogen) atoms. The Kier molecular flexibility index (Phi) is 6.91. The first-order valence-corrected chi connectivity index (χ1v) is 12.1. The third kappa shape index (κ3) is 4.55. The lowest BCUT2D eigenvalue weighted by molar-refractivity contribution is 0.0713. The van der Waals surface area contributed by atoms with Gasteiger partial charge >= 0.3 is 6.09 Å². The quantitative estimate of drug-likeness (QED) is 0.746. The Morgan fingerprint density at radius 2 is 1.82 bits per heavy atom. The summed E-state index contributed by atoms with van der Waals surface area (Å²) in [5, 5.41) is 2.22. The van der Waals surface area contributed by atoms with Crippen molar-refractivity contribution in [1.82, 2.24) is 14.7 Å². The van der Waals surface area contributed by atoms with Gasteiger partial charge in [0, 0.05) is 36.1 Å². The largest absolute Gasteiger partial charge is 0.450 e. The number of amides is 1. The Balaban J connectivity index is 1.28. The van der Waals surface area contributed by atoms with Crippen LogP contribution in [0.4, 0.5) is 4.79 Å². The van der Waals surface area contributed by atoms with E-state index in [9.17, 15) is 4.79 Å². The lowest BCUT2D eigenvalue weighted by Crippen LogP contribution is -2.48. The molecule has 156 valence electrons. The van der Waals surface area contributed by atoms with Gasteiger partial charge in [-0.2, -0.15) is 0 Å². The molecule has 3 aliphatic heterocycles. The fourth-order valence-corrected chi connectivity index (χ4v) is 6.32. The lowest BCUT2D eigenvalue weighted by Gasteiger charge is -2.42. The Morgan fingerprint density at radius 1 is 1.04 bits per heavy atom. The van der Waals surface area contributed by atoms with E-state index >= 15 is 0 Å². The molecular weight excluding hydrogens is 370 g/mol. The van der Waals surface area contributed by atoms with Crippen LogP contribution in [0.15, 0.2) is 17.5 Å². The van der Waals surface area contributed by atoms with Crippen LogP contribution >= 0.6 is 11.3 Å². The molecule has 4 heterocycles. The molecule has 6 heteroatoms. The average molecular weight is 406 g/mol. The summed E-state index contributed by atoms with van der Waals surface area (Å²) in [5.41, 5.74) is 0. The minimum atomic E-state index is -0.129. The number of hydrogen-bond acceptors (Lipinski definition) is 5. The van der Waals surface area contributed by atoms with Crippen LogP contribution in [0.5, 0.6) is 0 Å². The Labute approximate surface area is 173 Å². The summed E-state index contributed by atoms with van der Waals surface area (Å²) in [6.07, 6.45) is 8.51. The van der Waals surface area contributed by atoms with Crippen molar-refractivity contribution < 1.29 is 9.53 Å². The number of likely N-dealkylation sites (tertiary alicyclic amines) is 3. The number of ether oxygens (including phenoxy) is 1. The van der Waals surface area contributed by atoms with E-state index in [-0.39, 0.29) is 6.09 Å². The molecule has 2 unspecified atom stereocenters. The number of nitrogens with zero attached hydrogens (tertiary/aromatic N) is 3. The minimum Gasteiger partial charge on any atom is -0.450 e.